The van der Waals surface area contributed by atoms with Gasteiger partial charge in [0.25, 0.3) is 0 Å². The lowest BCUT2D eigenvalue weighted by Crippen LogP contribution is -2.36. The number of anilines is 2. The quantitative estimate of drug-likeness (QED) is 0.735. The Morgan fingerprint density at radius 3 is 2.82 bits per heavy atom. The summed E-state index contributed by atoms with van der Waals surface area (Å²) >= 11 is 0. The summed E-state index contributed by atoms with van der Waals surface area (Å²) in [5, 5.41) is 0. The number of nitrogens with two attached hydrogens (primary N) is 1. The van der Waals surface area contributed by atoms with Crippen LogP contribution in [0.25, 0.3) is 0 Å². The number of nitrogen functional groups attached to an aromatic ring is 1. The number of hydrogen-bond acceptors (Lipinski definition) is 5. The van der Waals surface area contributed by atoms with Crippen LogP contribution in [0.5, 0.6) is 0 Å². The molecule has 0 fully saturated rings. The van der Waals surface area contributed by atoms with Crippen LogP contribution in [-0.4, -0.2) is 28.2 Å². The Labute approximate surface area is 99.8 Å². The van der Waals surface area contributed by atoms with Crippen molar-refractivity contribution in [2.24, 2.45) is 0 Å². The molecule has 1 aliphatic rings. The summed E-state index contributed by atoms with van der Waals surface area (Å²) in [7, 11) is 0. The van der Waals surface area contributed by atoms with Gasteiger partial charge in [0.2, 0.25) is 0 Å². The SMILES string of the molecule is CC(C)(C)OC(=O)N1CCc2ncnc(N)c21. The third kappa shape index (κ3) is 2.30. The maximum atomic E-state index is 12.0. The van der Waals surface area contributed by atoms with Crippen LogP contribution in [0.1, 0.15) is 26.5 Å². The summed E-state index contributed by atoms with van der Waals surface area (Å²) in [5.41, 5.74) is 6.62. The van der Waals surface area contributed by atoms with Gasteiger partial charge in [-0.1, -0.05) is 0 Å². The van der Waals surface area contributed by atoms with Crippen molar-refractivity contribution in [1.29, 1.82) is 0 Å². The zero-order valence-electron chi connectivity index (χ0n) is 10.2. The number of rotatable bonds is 0. The van der Waals surface area contributed by atoms with E-state index in [4.69, 9.17) is 10.5 Å². The van der Waals surface area contributed by atoms with Gasteiger partial charge in [-0.25, -0.2) is 14.8 Å². The van der Waals surface area contributed by atoms with Gasteiger partial charge in [-0.05, 0) is 20.8 Å². The largest absolute Gasteiger partial charge is 0.443 e. The fourth-order valence-electron chi connectivity index (χ4n) is 1.74. The molecule has 17 heavy (non-hydrogen) atoms. The Kier molecular flexibility index (Phi) is 2.65. The van der Waals surface area contributed by atoms with Gasteiger partial charge < -0.3 is 10.5 Å². The van der Waals surface area contributed by atoms with Crippen LogP contribution in [0.3, 0.4) is 0 Å². The first kappa shape index (κ1) is 11.6. The summed E-state index contributed by atoms with van der Waals surface area (Å²) < 4.78 is 5.31. The maximum Gasteiger partial charge on any atom is 0.414 e. The van der Waals surface area contributed by atoms with E-state index in [1.807, 2.05) is 20.8 Å². The van der Waals surface area contributed by atoms with E-state index in [2.05, 4.69) is 9.97 Å². The minimum Gasteiger partial charge on any atom is -0.443 e. The molecule has 0 spiro atoms. The molecule has 1 aromatic heterocycles. The lowest BCUT2D eigenvalue weighted by atomic mass is 10.2. The summed E-state index contributed by atoms with van der Waals surface area (Å²) in [5.74, 6) is 0.318. The van der Waals surface area contributed by atoms with Gasteiger partial charge in [-0.3, -0.25) is 4.90 Å². The second-order valence-corrected chi connectivity index (χ2v) is 4.94. The fourth-order valence-corrected chi connectivity index (χ4v) is 1.74. The van der Waals surface area contributed by atoms with E-state index in [9.17, 15) is 4.79 Å². The molecule has 0 atom stereocenters. The van der Waals surface area contributed by atoms with Crippen LogP contribution in [0.15, 0.2) is 6.33 Å². The molecule has 6 heteroatoms. The average Bonchev–Trinajstić information content (AvgIpc) is 2.60. The van der Waals surface area contributed by atoms with Crippen LogP contribution in [0.4, 0.5) is 16.3 Å². The number of amides is 1. The zero-order valence-corrected chi connectivity index (χ0v) is 10.2. The molecule has 6 nitrogen and oxygen atoms in total. The Morgan fingerprint density at radius 1 is 1.47 bits per heavy atom. The smallest absolute Gasteiger partial charge is 0.414 e. The molecule has 0 unspecified atom stereocenters. The van der Waals surface area contributed by atoms with Gasteiger partial charge in [0, 0.05) is 13.0 Å². The van der Waals surface area contributed by atoms with Gasteiger partial charge in [0.05, 0.1) is 5.69 Å². The third-order valence-corrected chi connectivity index (χ3v) is 2.38. The molecular formula is C11H16N4O2. The van der Waals surface area contributed by atoms with Gasteiger partial charge in [0.15, 0.2) is 5.82 Å². The highest BCUT2D eigenvalue weighted by Crippen LogP contribution is 2.31. The predicted octanol–water partition coefficient (Wildman–Crippen LogP) is 1.36. The lowest BCUT2D eigenvalue weighted by Gasteiger charge is -2.24. The van der Waals surface area contributed by atoms with Crippen LogP contribution in [0.2, 0.25) is 0 Å². The number of ether oxygens (including phenoxy) is 1. The number of nitrogens with zero attached hydrogens (tertiary/aromatic N) is 3. The van der Waals surface area contributed by atoms with E-state index in [0.717, 1.165) is 5.69 Å². The van der Waals surface area contributed by atoms with Crippen molar-refractivity contribution >= 4 is 17.6 Å². The summed E-state index contributed by atoms with van der Waals surface area (Å²) in [6.07, 6.45) is 1.69. The van der Waals surface area contributed by atoms with Crippen molar-refractivity contribution in [3.05, 3.63) is 12.0 Å². The molecule has 1 aromatic rings. The molecule has 0 bridgehead atoms. The highest BCUT2D eigenvalue weighted by molar-refractivity contribution is 5.93. The monoisotopic (exact) mass is 236 g/mol. The molecule has 1 amide bonds. The normalized spacial score (nSPS) is 14.6. The molecular weight excluding hydrogens is 220 g/mol. The van der Waals surface area contributed by atoms with Crippen molar-refractivity contribution < 1.29 is 9.53 Å². The van der Waals surface area contributed by atoms with Crippen LogP contribution in [0, 0.1) is 0 Å². The molecule has 0 saturated carbocycles. The Balaban J connectivity index is 2.25. The Hall–Kier alpha value is -1.85. The first-order valence-electron chi connectivity index (χ1n) is 5.48. The number of hydrogen-bond donors (Lipinski definition) is 1. The van der Waals surface area contributed by atoms with E-state index in [0.29, 0.717) is 24.5 Å². The molecule has 92 valence electrons. The minimum absolute atomic E-state index is 0.318. The number of fused-ring (bicyclic) bond motifs is 1. The van der Waals surface area contributed by atoms with Crippen molar-refractivity contribution in [2.45, 2.75) is 32.8 Å². The molecule has 0 aliphatic carbocycles. The molecule has 2 heterocycles. The third-order valence-electron chi connectivity index (χ3n) is 2.38. The number of aromatic nitrogens is 2. The fraction of sp³-hybridized carbons (Fsp3) is 0.545. The number of carbonyl (C=O) groups is 1. The average molecular weight is 236 g/mol. The van der Waals surface area contributed by atoms with E-state index in [1.165, 1.54) is 11.2 Å². The molecule has 2 rings (SSSR count). The van der Waals surface area contributed by atoms with E-state index < -0.39 is 11.7 Å². The molecule has 0 radical (unpaired) electrons. The van der Waals surface area contributed by atoms with Crippen LogP contribution < -0.4 is 10.6 Å². The molecule has 0 saturated heterocycles. The first-order valence-corrected chi connectivity index (χ1v) is 5.48. The zero-order chi connectivity index (χ0) is 12.6. The van der Waals surface area contributed by atoms with Crippen molar-refractivity contribution in [1.82, 2.24) is 9.97 Å². The predicted molar refractivity (Wildman–Crippen MR) is 63.7 cm³/mol. The molecule has 1 aliphatic heterocycles. The van der Waals surface area contributed by atoms with Gasteiger partial charge in [-0.2, -0.15) is 0 Å². The highest BCUT2D eigenvalue weighted by atomic mass is 16.6. The summed E-state index contributed by atoms with van der Waals surface area (Å²) in [4.78, 5) is 21.5. The lowest BCUT2D eigenvalue weighted by molar-refractivity contribution is 0.0584. The second-order valence-electron chi connectivity index (χ2n) is 4.94. The van der Waals surface area contributed by atoms with E-state index in [1.54, 1.807) is 0 Å². The van der Waals surface area contributed by atoms with Crippen molar-refractivity contribution in [2.75, 3.05) is 17.2 Å². The minimum atomic E-state index is -0.524. The van der Waals surface area contributed by atoms with Crippen molar-refractivity contribution in [3.8, 4) is 0 Å². The van der Waals surface area contributed by atoms with Crippen LogP contribution in [-0.2, 0) is 11.2 Å². The molecule has 2 N–H and O–H groups in total. The summed E-state index contributed by atoms with van der Waals surface area (Å²) in [6, 6.07) is 0. The topological polar surface area (TPSA) is 81.3 Å². The standard InChI is InChI=1S/C11H16N4O2/c1-11(2,3)17-10(16)15-5-4-7-8(15)9(12)14-6-13-7/h6H,4-5H2,1-3H3,(H2,12,13,14). The Bertz CT molecular complexity index is 453. The van der Waals surface area contributed by atoms with Gasteiger partial charge >= 0.3 is 6.09 Å². The Morgan fingerprint density at radius 2 is 2.18 bits per heavy atom. The first-order chi connectivity index (χ1) is 7.88. The van der Waals surface area contributed by atoms with Gasteiger partial charge in [-0.15, -0.1) is 0 Å². The highest BCUT2D eigenvalue weighted by Gasteiger charge is 2.31. The summed E-state index contributed by atoms with van der Waals surface area (Å²) in [6.45, 7) is 6.01. The van der Waals surface area contributed by atoms with E-state index in [-0.39, 0.29) is 0 Å². The van der Waals surface area contributed by atoms with Gasteiger partial charge in [0.1, 0.15) is 17.6 Å². The number of carbonyl (C=O) groups excluding carboxylic acids is 1. The second kappa shape index (κ2) is 3.87. The van der Waals surface area contributed by atoms with E-state index >= 15 is 0 Å². The van der Waals surface area contributed by atoms with Crippen LogP contribution >= 0.6 is 0 Å². The van der Waals surface area contributed by atoms with Crippen molar-refractivity contribution in [3.63, 3.8) is 0 Å². The molecule has 0 aromatic carbocycles. The maximum absolute atomic E-state index is 12.0.